The van der Waals surface area contributed by atoms with Gasteiger partial charge in [-0.2, -0.15) is 5.10 Å². The van der Waals surface area contributed by atoms with Crippen molar-refractivity contribution >= 4 is 23.8 Å². The Kier molecular flexibility index (Phi) is 7.75. The average Bonchev–Trinajstić information content (AvgIpc) is 2.80. The van der Waals surface area contributed by atoms with Crippen molar-refractivity contribution < 1.29 is 9.53 Å². The average molecular weight is 396 g/mol. The molecule has 0 radical (unpaired) electrons. The standard InChI is InChI=1S/C26H24N2O2/c1-30-25-18-14-23(15-19-25)20-26(29)28-27-24(16-12-21-8-4-2-5-9-21)17-13-22-10-6-3-7-11-22/h2-19H,20H2,1H3,(H,28,29)/b16-12-,17-13-. The van der Waals surface area contributed by atoms with Gasteiger partial charge >= 0.3 is 0 Å². The number of nitrogens with one attached hydrogen (secondary N) is 1. The van der Waals surface area contributed by atoms with Crippen molar-refractivity contribution in [2.45, 2.75) is 6.42 Å². The monoisotopic (exact) mass is 396 g/mol. The van der Waals surface area contributed by atoms with Gasteiger partial charge in [0.15, 0.2) is 0 Å². The lowest BCUT2D eigenvalue weighted by Gasteiger charge is -2.03. The van der Waals surface area contributed by atoms with E-state index in [1.807, 2.05) is 109 Å². The van der Waals surface area contributed by atoms with Crippen LogP contribution in [0.5, 0.6) is 5.75 Å². The first-order valence-corrected chi connectivity index (χ1v) is 9.68. The minimum absolute atomic E-state index is 0.182. The highest BCUT2D eigenvalue weighted by molar-refractivity contribution is 6.08. The Balaban J connectivity index is 1.70. The number of rotatable bonds is 8. The molecule has 0 aromatic heterocycles. The summed E-state index contributed by atoms with van der Waals surface area (Å²) in [6, 6.07) is 27.3. The zero-order valence-electron chi connectivity index (χ0n) is 16.9. The first kappa shape index (κ1) is 20.8. The van der Waals surface area contributed by atoms with Gasteiger partial charge in [-0.25, -0.2) is 5.43 Å². The number of carbonyl (C=O) groups excluding carboxylic acids is 1. The van der Waals surface area contributed by atoms with E-state index in [2.05, 4.69) is 10.5 Å². The van der Waals surface area contributed by atoms with Gasteiger partial charge in [-0.3, -0.25) is 4.79 Å². The lowest BCUT2D eigenvalue weighted by atomic mass is 10.1. The summed E-state index contributed by atoms with van der Waals surface area (Å²) in [6.45, 7) is 0. The van der Waals surface area contributed by atoms with Crippen LogP contribution in [0.3, 0.4) is 0 Å². The van der Waals surface area contributed by atoms with Crippen LogP contribution in [0.2, 0.25) is 0 Å². The smallest absolute Gasteiger partial charge is 0.244 e. The van der Waals surface area contributed by atoms with E-state index in [1.165, 1.54) is 0 Å². The molecular formula is C26H24N2O2. The molecule has 3 aromatic carbocycles. The molecule has 150 valence electrons. The summed E-state index contributed by atoms with van der Waals surface area (Å²) in [5.41, 5.74) is 6.30. The first-order valence-electron chi connectivity index (χ1n) is 9.68. The Morgan fingerprint density at radius 1 is 0.833 bits per heavy atom. The fraction of sp³-hybridized carbons (Fsp3) is 0.0769. The van der Waals surface area contributed by atoms with Crippen molar-refractivity contribution in [2.24, 2.45) is 5.10 Å². The van der Waals surface area contributed by atoms with Gasteiger partial charge in [-0.15, -0.1) is 0 Å². The summed E-state index contributed by atoms with van der Waals surface area (Å²) in [6.07, 6.45) is 7.92. The zero-order chi connectivity index (χ0) is 21.0. The quantitative estimate of drug-likeness (QED) is 0.424. The highest BCUT2D eigenvalue weighted by Crippen LogP contribution is 2.11. The highest BCUT2D eigenvalue weighted by Gasteiger charge is 2.03. The topological polar surface area (TPSA) is 50.7 Å². The Hall–Kier alpha value is -3.92. The van der Waals surface area contributed by atoms with Gasteiger partial charge in [-0.1, -0.05) is 84.9 Å². The summed E-state index contributed by atoms with van der Waals surface area (Å²) in [4.78, 5) is 12.3. The van der Waals surface area contributed by atoms with E-state index in [0.717, 1.165) is 22.4 Å². The molecule has 0 saturated carbocycles. The first-order chi connectivity index (χ1) is 14.7. The third-order valence-corrected chi connectivity index (χ3v) is 4.33. The second-order valence-electron chi connectivity index (χ2n) is 6.58. The molecule has 0 fully saturated rings. The molecule has 0 atom stereocenters. The molecule has 1 amide bonds. The predicted octanol–water partition coefficient (Wildman–Crippen LogP) is 5.14. The maximum absolute atomic E-state index is 12.3. The third kappa shape index (κ3) is 6.91. The van der Waals surface area contributed by atoms with E-state index in [1.54, 1.807) is 7.11 Å². The number of hydrazone groups is 1. The molecule has 0 aliphatic heterocycles. The van der Waals surface area contributed by atoms with Gasteiger partial charge in [-0.05, 0) is 41.0 Å². The number of methoxy groups -OCH3 is 1. The van der Waals surface area contributed by atoms with Crippen LogP contribution >= 0.6 is 0 Å². The minimum Gasteiger partial charge on any atom is -0.497 e. The van der Waals surface area contributed by atoms with Crippen molar-refractivity contribution in [3.05, 3.63) is 114 Å². The van der Waals surface area contributed by atoms with E-state index in [0.29, 0.717) is 5.71 Å². The summed E-state index contributed by atoms with van der Waals surface area (Å²) < 4.78 is 5.14. The van der Waals surface area contributed by atoms with Crippen LogP contribution in [0.4, 0.5) is 0 Å². The number of carbonyl (C=O) groups is 1. The second kappa shape index (κ2) is 11.2. The van der Waals surface area contributed by atoms with Crippen LogP contribution in [0.15, 0.2) is 102 Å². The number of benzene rings is 3. The number of amides is 1. The van der Waals surface area contributed by atoms with Gasteiger partial charge in [0, 0.05) is 0 Å². The lowest BCUT2D eigenvalue weighted by molar-refractivity contribution is -0.120. The second-order valence-corrected chi connectivity index (χ2v) is 6.58. The molecule has 0 aliphatic carbocycles. The van der Waals surface area contributed by atoms with Gasteiger partial charge < -0.3 is 4.74 Å². The Morgan fingerprint density at radius 2 is 1.37 bits per heavy atom. The normalized spacial score (nSPS) is 10.8. The van der Waals surface area contributed by atoms with Gasteiger partial charge in [0.25, 0.3) is 0 Å². The van der Waals surface area contributed by atoms with Crippen molar-refractivity contribution in [2.75, 3.05) is 7.11 Å². The maximum Gasteiger partial charge on any atom is 0.244 e. The van der Waals surface area contributed by atoms with E-state index < -0.39 is 0 Å². The molecular weight excluding hydrogens is 372 g/mol. The SMILES string of the molecule is COc1ccc(CC(=O)NN=C(/C=C\c2ccccc2)/C=C\c2ccccc2)cc1. The number of hydrogen-bond donors (Lipinski definition) is 1. The molecule has 0 bridgehead atoms. The van der Waals surface area contributed by atoms with Crippen molar-refractivity contribution in [3.63, 3.8) is 0 Å². The summed E-state index contributed by atoms with van der Waals surface area (Å²) in [5.74, 6) is 0.579. The molecule has 0 aliphatic rings. The number of nitrogens with zero attached hydrogens (tertiary/aromatic N) is 1. The minimum atomic E-state index is -0.182. The molecule has 0 spiro atoms. The van der Waals surface area contributed by atoms with Crippen LogP contribution in [0.1, 0.15) is 16.7 Å². The van der Waals surface area contributed by atoms with Crippen LogP contribution in [0, 0.1) is 0 Å². The van der Waals surface area contributed by atoms with Crippen molar-refractivity contribution in [1.29, 1.82) is 0 Å². The van der Waals surface area contributed by atoms with E-state index in [-0.39, 0.29) is 12.3 Å². The summed E-state index contributed by atoms with van der Waals surface area (Å²) >= 11 is 0. The molecule has 4 heteroatoms. The van der Waals surface area contributed by atoms with Gasteiger partial charge in [0.2, 0.25) is 5.91 Å². The maximum atomic E-state index is 12.3. The molecule has 3 rings (SSSR count). The summed E-state index contributed by atoms with van der Waals surface area (Å²) in [5, 5.41) is 4.30. The van der Waals surface area contributed by atoms with E-state index in [4.69, 9.17) is 4.74 Å². The Bertz CT molecular complexity index is 970. The van der Waals surface area contributed by atoms with Crippen molar-refractivity contribution in [3.8, 4) is 5.75 Å². The molecule has 4 nitrogen and oxygen atoms in total. The third-order valence-electron chi connectivity index (χ3n) is 4.33. The Labute approximate surface area is 177 Å². The van der Waals surface area contributed by atoms with Gasteiger partial charge in [0.1, 0.15) is 5.75 Å². The molecule has 1 N–H and O–H groups in total. The lowest BCUT2D eigenvalue weighted by Crippen LogP contribution is -2.20. The fourth-order valence-electron chi connectivity index (χ4n) is 2.72. The highest BCUT2D eigenvalue weighted by atomic mass is 16.5. The Morgan fingerprint density at radius 3 is 1.87 bits per heavy atom. The molecule has 0 saturated heterocycles. The largest absolute Gasteiger partial charge is 0.497 e. The summed E-state index contributed by atoms with van der Waals surface area (Å²) in [7, 11) is 1.61. The van der Waals surface area contributed by atoms with Crippen molar-refractivity contribution in [1.82, 2.24) is 5.43 Å². The van der Waals surface area contributed by atoms with Crippen LogP contribution in [0.25, 0.3) is 12.2 Å². The number of allylic oxidation sites excluding steroid dienone is 2. The zero-order valence-corrected chi connectivity index (χ0v) is 16.9. The molecule has 0 unspecified atom stereocenters. The molecule has 3 aromatic rings. The van der Waals surface area contributed by atoms with E-state index in [9.17, 15) is 4.79 Å². The van der Waals surface area contributed by atoms with Crippen LogP contribution in [-0.4, -0.2) is 18.7 Å². The molecule has 0 heterocycles. The fourth-order valence-corrected chi connectivity index (χ4v) is 2.72. The molecule has 30 heavy (non-hydrogen) atoms. The van der Waals surface area contributed by atoms with Crippen LogP contribution in [-0.2, 0) is 11.2 Å². The number of hydrogen-bond acceptors (Lipinski definition) is 3. The number of ether oxygens (including phenoxy) is 1. The van der Waals surface area contributed by atoms with E-state index >= 15 is 0 Å². The van der Waals surface area contributed by atoms with Gasteiger partial charge in [0.05, 0.1) is 19.2 Å². The predicted molar refractivity (Wildman–Crippen MR) is 123 cm³/mol. The van der Waals surface area contributed by atoms with Crippen LogP contribution < -0.4 is 10.2 Å².